The highest BCUT2D eigenvalue weighted by molar-refractivity contribution is 5.01. The molecule has 4 unspecified atom stereocenters. The van der Waals surface area contributed by atoms with E-state index in [1.54, 1.807) is 0 Å². The van der Waals surface area contributed by atoms with Gasteiger partial charge in [-0.2, -0.15) is 0 Å². The average molecular weight is 238 g/mol. The van der Waals surface area contributed by atoms with Crippen molar-refractivity contribution < 1.29 is 0 Å². The molecule has 0 aromatic heterocycles. The highest BCUT2D eigenvalue weighted by atomic mass is 15.2. The molecular weight excluding hydrogens is 208 g/mol. The minimum atomic E-state index is 0.312. The quantitative estimate of drug-likeness (QED) is 0.801. The van der Waals surface area contributed by atoms with Crippen LogP contribution in [-0.4, -0.2) is 29.6 Å². The molecule has 2 nitrogen and oxygen atoms in total. The van der Waals surface area contributed by atoms with Crippen molar-refractivity contribution in [1.82, 2.24) is 4.90 Å². The SMILES string of the molecule is CC1CCCN(C2(CN)CCCCC2C)C1C. The summed E-state index contributed by atoms with van der Waals surface area (Å²) in [5.41, 5.74) is 6.54. The second kappa shape index (κ2) is 5.27. The van der Waals surface area contributed by atoms with Gasteiger partial charge in [0.25, 0.3) is 0 Å². The van der Waals surface area contributed by atoms with Crippen LogP contribution in [0.1, 0.15) is 59.3 Å². The van der Waals surface area contributed by atoms with Crippen LogP contribution in [-0.2, 0) is 0 Å². The van der Waals surface area contributed by atoms with Crippen molar-refractivity contribution in [3.05, 3.63) is 0 Å². The zero-order valence-corrected chi connectivity index (χ0v) is 11.9. The first-order valence-electron chi connectivity index (χ1n) is 7.58. The molecule has 2 heteroatoms. The van der Waals surface area contributed by atoms with E-state index in [1.807, 2.05) is 0 Å². The van der Waals surface area contributed by atoms with Gasteiger partial charge in [0, 0.05) is 18.1 Å². The Balaban J connectivity index is 2.20. The minimum absolute atomic E-state index is 0.312. The highest BCUT2D eigenvalue weighted by Crippen LogP contribution is 2.41. The third-order valence-corrected chi connectivity index (χ3v) is 5.71. The van der Waals surface area contributed by atoms with Crippen LogP contribution >= 0.6 is 0 Å². The minimum Gasteiger partial charge on any atom is -0.329 e. The highest BCUT2D eigenvalue weighted by Gasteiger charge is 2.45. The summed E-state index contributed by atoms with van der Waals surface area (Å²) >= 11 is 0. The van der Waals surface area contributed by atoms with E-state index in [0.29, 0.717) is 11.6 Å². The Morgan fingerprint density at radius 1 is 1.12 bits per heavy atom. The summed E-state index contributed by atoms with van der Waals surface area (Å²) < 4.78 is 0. The van der Waals surface area contributed by atoms with Gasteiger partial charge in [0.15, 0.2) is 0 Å². The molecule has 0 radical (unpaired) electrons. The Labute approximate surface area is 107 Å². The molecule has 1 aliphatic heterocycles. The topological polar surface area (TPSA) is 29.3 Å². The summed E-state index contributed by atoms with van der Waals surface area (Å²) in [4.78, 5) is 2.78. The normalized spacial score (nSPS) is 44.8. The smallest absolute Gasteiger partial charge is 0.0360 e. The molecule has 4 atom stereocenters. The van der Waals surface area contributed by atoms with Crippen LogP contribution in [0.15, 0.2) is 0 Å². The van der Waals surface area contributed by atoms with Crippen LogP contribution in [0.25, 0.3) is 0 Å². The number of hydrogen-bond donors (Lipinski definition) is 1. The number of hydrogen-bond acceptors (Lipinski definition) is 2. The fourth-order valence-corrected chi connectivity index (χ4v) is 4.21. The first kappa shape index (κ1) is 13.4. The van der Waals surface area contributed by atoms with Gasteiger partial charge < -0.3 is 5.73 Å². The van der Waals surface area contributed by atoms with E-state index in [1.165, 1.54) is 45.1 Å². The number of piperidine rings is 1. The van der Waals surface area contributed by atoms with E-state index < -0.39 is 0 Å². The first-order valence-corrected chi connectivity index (χ1v) is 7.58. The maximum Gasteiger partial charge on any atom is 0.0360 e. The summed E-state index contributed by atoms with van der Waals surface area (Å²) in [7, 11) is 0. The molecule has 1 heterocycles. The van der Waals surface area contributed by atoms with Gasteiger partial charge in [0.2, 0.25) is 0 Å². The average Bonchev–Trinajstić information content (AvgIpc) is 2.34. The molecule has 2 fully saturated rings. The second-order valence-electron chi connectivity index (χ2n) is 6.51. The Kier molecular flexibility index (Phi) is 4.14. The van der Waals surface area contributed by atoms with Gasteiger partial charge in [-0.3, -0.25) is 4.90 Å². The number of nitrogens with zero attached hydrogens (tertiary/aromatic N) is 1. The van der Waals surface area contributed by atoms with Crippen molar-refractivity contribution in [1.29, 1.82) is 0 Å². The third kappa shape index (κ3) is 2.26. The summed E-state index contributed by atoms with van der Waals surface area (Å²) in [5, 5.41) is 0. The lowest BCUT2D eigenvalue weighted by molar-refractivity contribution is -0.0468. The number of nitrogens with two attached hydrogens (primary N) is 1. The summed E-state index contributed by atoms with van der Waals surface area (Å²) in [6.07, 6.45) is 8.23. The number of rotatable bonds is 2. The molecule has 2 N–H and O–H groups in total. The van der Waals surface area contributed by atoms with Crippen LogP contribution in [0.4, 0.5) is 0 Å². The van der Waals surface area contributed by atoms with E-state index in [2.05, 4.69) is 25.7 Å². The molecule has 17 heavy (non-hydrogen) atoms. The predicted molar refractivity (Wildman–Crippen MR) is 74.0 cm³/mol. The van der Waals surface area contributed by atoms with Gasteiger partial charge in [0.05, 0.1) is 0 Å². The Bertz CT molecular complexity index is 253. The van der Waals surface area contributed by atoms with Crippen molar-refractivity contribution in [3.63, 3.8) is 0 Å². The van der Waals surface area contributed by atoms with Crippen LogP contribution in [0.3, 0.4) is 0 Å². The van der Waals surface area contributed by atoms with Gasteiger partial charge in [-0.05, 0) is 51.0 Å². The van der Waals surface area contributed by atoms with Gasteiger partial charge >= 0.3 is 0 Å². The van der Waals surface area contributed by atoms with Crippen LogP contribution < -0.4 is 5.73 Å². The third-order valence-electron chi connectivity index (χ3n) is 5.71. The van der Waals surface area contributed by atoms with E-state index >= 15 is 0 Å². The molecule has 1 saturated carbocycles. The van der Waals surface area contributed by atoms with E-state index in [-0.39, 0.29) is 0 Å². The number of likely N-dealkylation sites (tertiary alicyclic amines) is 1. The molecule has 2 rings (SSSR count). The van der Waals surface area contributed by atoms with Gasteiger partial charge in [-0.25, -0.2) is 0 Å². The van der Waals surface area contributed by atoms with E-state index in [4.69, 9.17) is 5.73 Å². The van der Waals surface area contributed by atoms with Crippen molar-refractivity contribution in [2.75, 3.05) is 13.1 Å². The Hall–Kier alpha value is -0.0800. The maximum absolute atomic E-state index is 6.23. The summed E-state index contributed by atoms with van der Waals surface area (Å²) in [6.45, 7) is 9.38. The van der Waals surface area contributed by atoms with Crippen molar-refractivity contribution in [2.45, 2.75) is 70.9 Å². The molecule has 0 spiro atoms. The van der Waals surface area contributed by atoms with Crippen molar-refractivity contribution in [2.24, 2.45) is 17.6 Å². The standard InChI is InChI=1S/C15H30N2/c1-12-7-6-10-17(14(12)3)15(11-16)9-5-4-8-13(15)2/h12-14H,4-11,16H2,1-3H3. The predicted octanol–water partition coefficient (Wildman–Crippen LogP) is 3.01. The zero-order chi connectivity index (χ0) is 12.5. The molecule has 1 saturated heterocycles. The molecule has 1 aliphatic carbocycles. The fourth-order valence-electron chi connectivity index (χ4n) is 4.21. The first-order chi connectivity index (χ1) is 8.12. The van der Waals surface area contributed by atoms with Crippen LogP contribution in [0.2, 0.25) is 0 Å². The molecule has 0 aromatic carbocycles. The summed E-state index contributed by atoms with van der Waals surface area (Å²) in [5.74, 6) is 1.61. The fraction of sp³-hybridized carbons (Fsp3) is 1.00. The van der Waals surface area contributed by atoms with Crippen LogP contribution in [0, 0.1) is 11.8 Å². The monoisotopic (exact) mass is 238 g/mol. The Morgan fingerprint density at radius 3 is 2.53 bits per heavy atom. The summed E-state index contributed by atoms with van der Waals surface area (Å²) in [6, 6.07) is 0.716. The molecule has 100 valence electrons. The second-order valence-corrected chi connectivity index (χ2v) is 6.51. The molecule has 0 aromatic rings. The molecule has 2 aliphatic rings. The largest absolute Gasteiger partial charge is 0.329 e. The molecular formula is C15H30N2. The molecule has 0 amide bonds. The van der Waals surface area contributed by atoms with Crippen molar-refractivity contribution in [3.8, 4) is 0 Å². The lowest BCUT2D eigenvalue weighted by atomic mass is 9.70. The molecule has 0 bridgehead atoms. The van der Waals surface area contributed by atoms with Gasteiger partial charge in [-0.15, -0.1) is 0 Å². The van der Waals surface area contributed by atoms with Crippen molar-refractivity contribution >= 4 is 0 Å². The van der Waals surface area contributed by atoms with Gasteiger partial charge in [0.1, 0.15) is 0 Å². The van der Waals surface area contributed by atoms with E-state index in [0.717, 1.165) is 18.4 Å². The lowest BCUT2D eigenvalue weighted by Gasteiger charge is -2.55. The van der Waals surface area contributed by atoms with Gasteiger partial charge in [-0.1, -0.05) is 26.7 Å². The zero-order valence-electron chi connectivity index (χ0n) is 11.9. The Morgan fingerprint density at radius 2 is 1.88 bits per heavy atom. The van der Waals surface area contributed by atoms with Crippen LogP contribution in [0.5, 0.6) is 0 Å². The van der Waals surface area contributed by atoms with E-state index in [9.17, 15) is 0 Å². The maximum atomic E-state index is 6.23. The lowest BCUT2D eigenvalue weighted by Crippen LogP contribution is -2.64.